The highest BCUT2D eigenvalue weighted by Gasteiger charge is 2.34. The SMILES string of the molecule is CCN(CC)CCN1C(=O)[C@H](c2ccccc2)Sc2ccccc21. The van der Waals surface area contributed by atoms with Crippen LogP contribution in [0.1, 0.15) is 24.7 Å². The largest absolute Gasteiger partial charge is 0.309 e. The second kappa shape index (κ2) is 7.86. The van der Waals surface area contributed by atoms with Crippen LogP contribution in [-0.4, -0.2) is 37.0 Å². The number of thioether (sulfide) groups is 1. The number of nitrogens with zero attached hydrogens (tertiary/aromatic N) is 2. The van der Waals surface area contributed by atoms with Crippen LogP contribution in [0.2, 0.25) is 0 Å². The Kier molecular flexibility index (Phi) is 5.59. The van der Waals surface area contributed by atoms with Crippen LogP contribution in [0.15, 0.2) is 59.5 Å². The molecule has 3 rings (SSSR count). The van der Waals surface area contributed by atoms with Crippen LogP contribution < -0.4 is 4.90 Å². The minimum atomic E-state index is -0.155. The number of carbonyl (C=O) groups is 1. The zero-order valence-electron chi connectivity index (χ0n) is 14.3. The van der Waals surface area contributed by atoms with Gasteiger partial charge in [0.15, 0.2) is 0 Å². The van der Waals surface area contributed by atoms with E-state index in [1.165, 1.54) is 4.90 Å². The summed E-state index contributed by atoms with van der Waals surface area (Å²) in [6.45, 7) is 7.99. The average Bonchev–Trinajstić information content (AvgIpc) is 2.64. The summed E-state index contributed by atoms with van der Waals surface area (Å²) in [4.78, 5) is 18.7. The van der Waals surface area contributed by atoms with Crippen LogP contribution in [0, 0.1) is 0 Å². The van der Waals surface area contributed by atoms with Gasteiger partial charge in [-0.25, -0.2) is 0 Å². The maximum absolute atomic E-state index is 13.2. The molecule has 0 spiro atoms. The van der Waals surface area contributed by atoms with Gasteiger partial charge in [0.25, 0.3) is 0 Å². The molecule has 2 aromatic rings. The molecule has 0 unspecified atom stereocenters. The van der Waals surface area contributed by atoms with Crippen molar-refractivity contribution < 1.29 is 4.79 Å². The molecule has 0 aliphatic carbocycles. The van der Waals surface area contributed by atoms with Crippen LogP contribution in [0.25, 0.3) is 0 Å². The summed E-state index contributed by atoms with van der Waals surface area (Å²) >= 11 is 1.66. The number of likely N-dealkylation sites (N-methyl/N-ethyl adjacent to an activating group) is 1. The molecule has 1 heterocycles. The van der Waals surface area contributed by atoms with Crippen molar-refractivity contribution in [1.29, 1.82) is 0 Å². The Labute approximate surface area is 148 Å². The molecule has 1 amide bonds. The summed E-state index contributed by atoms with van der Waals surface area (Å²) < 4.78 is 0. The summed E-state index contributed by atoms with van der Waals surface area (Å²) in [5.74, 6) is 0.192. The predicted octanol–water partition coefficient (Wildman–Crippen LogP) is 4.21. The average molecular weight is 340 g/mol. The zero-order valence-corrected chi connectivity index (χ0v) is 15.1. The lowest BCUT2D eigenvalue weighted by Crippen LogP contribution is -2.42. The topological polar surface area (TPSA) is 23.6 Å². The minimum absolute atomic E-state index is 0.155. The van der Waals surface area contributed by atoms with Gasteiger partial charge >= 0.3 is 0 Å². The molecule has 0 N–H and O–H groups in total. The van der Waals surface area contributed by atoms with Crippen LogP contribution in [0.4, 0.5) is 5.69 Å². The van der Waals surface area contributed by atoms with Gasteiger partial charge in [-0.2, -0.15) is 0 Å². The second-order valence-corrected chi connectivity index (χ2v) is 7.04. The van der Waals surface area contributed by atoms with Crippen LogP contribution in [-0.2, 0) is 4.79 Å². The fraction of sp³-hybridized carbons (Fsp3) is 0.350. The maximum Gasteiger partial charge on any atom is 0.245 e. The number of amides is 1. The summed E-state index contributed by atoms with van der Waals surface area (Å²) in [6, 6.07) is 18.3. The van der Waals surface area contributed by atoms with Gasteiger partial charge in [0.05, 0.1) is 5.69 Å². The van der Waals surface area contributed by atoms with E-state index in [9.17, 15) is 4.79 Å². The normalized spacial score (nSPS) is 17.2. The third kappa shape index (κ3) is 3.50. The maximum atomic E-state index is 13.2. The number of para-hydroxylation sites is 1. The third-order valence-corrected chi connectivity index (χ3v) is 5.84. The number of benzene rings is 2. The van der Waals surface area contributed by atoms with E-state index in [0.29, 0.717) is 0 Å². The predicted molar refractivity (Wildman–Crippen MR) is 102 cm³/mol. The lowest BCUT2D eigenvalue weighted by atomic mass is 10.1. The lowest BCUT2D eigenvalue weighted by Gasteiger charge is -2.35. The summed E-state index contributed by atoms with van der Waals surface area (Å²) in [5, 5.41) is -0.155. The molecule has 0 aromatic heterocycles. The van der Waals surface area contributed by atoms with Crippen molar-refractivity contribution >= 4 is 23.4 Å². The number of hydrogen-bond donors (Lipinski definition) is 0. The monoisotopic (exact) mass is 340 g/mol. The Balaban J connectivity index is 1.89. The molecule has 0 saturated carbocycles. The highest BCUT2D eigenvalue weighted by atomic mass is 32.2. The second-order valence-electron chi connectivity index (χ2n) is 5.89. The molecular weight excluding hydrogens is 316 g/mol. The van der Waals surface area contributed by atoms with Crippen molar-refractivity contribution in [2.75, 3.05) is 31.1 Å². The first-order chi connectivity index (χ1) is 11.7. The molecule has 126 valence electrons. The fourth-order valence-corrected chi connectivity index (χ4v) is 4.30. The van der Waals surface area contributed by atoms with E-state index >= 15 is 0 Å². The highest BCUT2D eigenvalue weighted by molar-refractivity contribution is 8.00. The Bertz CT molecular complexity index is 685. The Hall–Kier alpha value is -1.78. The van der Waals surface area contributed by atoms with E-state index in [-0.39, 0.29) is 11.2 Å². The van der Waals surface area contributed by atoms with Crippen LogP contribution in [0.5, 0.6) is 0 Å². The third-order valence-electron chi connectivity index (χ3n) is 4.53. The number of rotatable bonds is 6. The molecule has 0 fully saturated rings. The molecule has 0 radical (unpaired) electrons. The first kappa shape index (κ1) is 17.1. The lowest BCUT2D eigenvalue weighted by molar-refractivity contribution is -0.118. The van der Waals surface area contributed by atoms with Crippen LogP contribution in [0.3, 0.4) is 0 Å². The summed E-state index contributed by atoms with van der Waals surface area (Å²) in [7, 11) is 0. The molecule has 1 aliphatic heterocycles. The molecule has 4 heteroatoms. The standard InChI is InChI=1S/C20H24N2OS/c1-3-21(4-2)14-15-22-17-12-8-9-13-18(17)24-19(20(22)23)16-10-6-5-7-11-16/h5-13,19H,3-4,14-15H2,1-2H3/t19-/m0/s1. The quantitative estimate of drug-likeness (QED) is 0.787. The van der Waals surface area contributed by atoms with Crippen molar-refractivity contribution in [3.8, 4) is 0 Å². The molecule has 24 heavy (non-hydrogen) atoms. The molecule has 2 aromatic carbocycles. The zero-order chi connectivity index (χ0) is 16.9. The minimum Gasteiger partial charge on any atom is -0.309 e. The van der Waals surface area contributed by atoms with Gasteiger partial charge in [-0.1, -0.05) is 56.3 Å². The van der Waals surface area contributed by atoms with E-state index in [4.69, 9.17) is 0 Å². The van der Waals surface area contributed by atoms with Crippen molar-refractivity contribution in [1.82, 2.24) is 4.90 Å². The van der Waals surface area contributed by atoms with Crippen molar-refractivity contribution in [3.63, 3.8) is 0 Å². The summed E-state index contributed by atoms with van der Waals surface area (Å²) in [5.41, 5.74) is 2.13. The van der Waals surface area contributed by atoms with E-state index in [2.05, 4.69) is 30.9 Å². The Morgan fingerprint density at radius 3 is 2.38 bits per heavy atom. The van der Waals surface area contributed by atoms with Gasteiger partial charge in [0, 0.05) is 18.0 Å². The van der Waals surface area contributed by atoms with Gasteiger partial charge in [-0.05, 0) is 30.8 Å². The molecule has 1 aliphatic rings. The van der Waals surface area contributed by atoms with Crippen molar-refractivity contribution in [3.05, 3.63) is 60.2 Å². The molecule has 0 bridgehead atoms. The summed E-state index contributed by atoms with van der Waals surface area (Å²) in [6.07, 6.45) is 0. The number of hydrogen-bond acceptors (Lipinski definition) is 3. The van der Waals surface area contributed by atoms with Crippen LogP contribution >= 0.6 is 11.8 Å². The highest BCUT2D eigenvalue weighted by Crippen LogP contribution is 2.46. The van der Waals surface area contributed by atoms with Crippen molar-refractivity contribution in [2.24, 2.45) is 0 Å². The van der Waals surface area contributed by atoms with E-state index in [0.717, 1.165) is 37.4 Å². The van der Waals surface area contributed by atoms with E-state index < -0.39 is 0 Å². The smallest absolute Gasteiger partial charge is 0.245 e. The molecule has 1 atom stereocenters. The van der Waals surface area contributed by atoms with E-state index in [1.54, 1.807) is 11.8 Å². The fourth-order valence-electron chi connectivity index (χ4n) is 3.07. The molecule has 3 nitrogen and oxygen atoms in total. The Morgan fingerprint density at radius 1 is 1.00 bits per heavy atom. The molecule has 0 saturated heterocycles. The van der Waals surface area contributed by atoms with Crippen molar-refractivity contribution in [2.45, 2.75) is 24.0 Å². The van der Waals surface area contributed by atoms with E-state index in [1.807, 2.05) is 47.4 Å². The van der Waals surface area contributed by atoms with Gasteiger partial charge in [0.1, 0.15) is 5.25 Å². The van der Waals surface area contributed by atoms with Gasteiger partial charge in [-0.3, -0.25) is 4.79 Å². The van der Waals surface area contributed by atoms with Gasteiger partial charge < -0.3 is 9.80 Å². The first-order valence-electron chi connectivity index (χ1n) is 8.59. The Morgan fingerprint density at radius 2 is 1.67 bits per heavy atom. The number of anilines is 1. The van der Waals surface area contributed by atoms with Gasteiger partial charge in [0.2, 0.25) is 5.91 Å². The number of carbonyl (C=O) groups excluding carboxylic acids is 1. The van der Waals surface area contributed by atoms with Gasteiger partial charge in [-0.15, -0.1) is 11.8 Å². The number of fused-ring (bicyclic) bond motifs is 1. The first-order valence-corrected chi connectivity index (χ1v) is 9.47. The molecular formula is C20H24N2OS.